The largest absolute Gasteiger partial charge is 0.478 e. The van der Waals surface area contributed by atoms with Crippen molar-refractivity contribution in [3.63, 3.8) is 0 Å². The zero-order chi connectivity index (χ0) is 13.1. The van der Waals surface area contributed by atoms with Gasteiger partial charge in [0.25, 0.3) is 5.56 Å². The van der Waals surface area contributed by atoms with Crippen LogP contribution in [0.25, 0.3) is 5.69 Å². The van der Waals surface area contributed by atoms with E-state index >= 15 is 0 Å². The highest BCUT2D eigenvalue weighted by Crippen LogP contribution is 2.14. The molecule has 0 atom stereocenters. The van der Waals surface area contributed by atoms with Gasteiger partial charge in [-0.2, -0.15) is 0 Å². The molecule has 1 N–H and O–H groups in total. The molecule has 0 aliphatic carbocycles. The van der Waals surface area contributed by atoms with E-state index in [9.17, 15) is 9.59 Å². The summed E-state index contributed by atoms with van der Waals surface area (Å²) in [6.07, 6.45) is 0. The Bertz CT molecular complexity index is 611. The summed E-state index contributed by atoms with van der Waals surface area (Å²) in [5, 5.41) is 2.81. The van der Waals surface area contributed by atoms with Crippen molar-refractivity contribution in [1.82, 2.24) is 9.78 Å². The summed E-state index contributed by atoms with van der Waals surface area (Å²) in [6, 6.07) is 9.04. The summed E-state index contributed by atoms with van der Waals surface area (Å²) < 4.78 is 6.59. The second-order valence-electron chi connectivity index (χ2n) is 3.78. The van der Waals surface area contributed by atoms with Gasteiger partial charge in [-0.05, 0) is 26.0 Å². The second-order valence-corrected chi connectivity index (χ2v) is 3.78. The molecule has 2 rings (SSSR count). The molecular formula is C13H14N2O3. The average molecular weight is 246 g/mol. The molecule has 0 unspecified atom stereocenters. The van der Waals surface area contributed by atoms with E-state index in [-0.39, 0.29) is 17.2 Å². The molecule has 5 nitrogen and oxygen atoms in total. The first kappa shape index (κ1) is 12.2. The van der Waals surface area contributed by atoms with E-state index in [1.807, 2.05) is 18.2 Å². The van der Waals surface area contributed by atoms with Gasteiger partial charge in [0.05, 0.1) is 12.3 Å². The van der Waals surface area contributed by atoms with E-state index in [4.69, 9.17) is 4.74 Å². The van der Waals surface area contributed by atoms with E-state index < -0.39 is 5.56 Å². The van der Waals surface area contributed by atoms with E-state index in [2.05, 4.69) is 5.10 Å². The fraction of sp³-hybridized carbons (Fsp3) is 0.231. The number of carbonyl (C=O) groups is 1. The topological polar surface area (TPSA) is 64.1 Å². The third-order valence-corrected chi connectivity index (χ3v) is 2.51. The molecule has 0 saturated heterocycles. The van der Waals surface area contributed by atoms with Crippen molar-refractivity contribution in [2.75, 3.05) is 6.61 Å². The van der Waals surface area contributed by atoms with Crippen LogP contribution in [-0.4, -0.2) is 22.2 Å². The molecule has 1 heterocycles. The van der Waals surface area contributed by atoms with Crippen molar-refractivity contribution < 1.29 is 9.53 Å². The molecule has 0 fully saturated rings. The maximum absolute atomic E-state index is 12.1. The Hall–Kier alpha value is -2.30. The predicted octanol–water partition coefficient (Wildman–Crippen LogP) is 1.77. The van der Waals surface area contributed by atoms with Crippen molar-refractivity contribution in [2.45, 2.75) is 13.8 Å². The van der Waals surface area contributed by atoms with Gasteiger partial charge in [-0.15, -0.1) is 0 Å². The Balaban J connectivity index is 2.61. The number of para-hydroxylation sites is 1. The molecular weight excluding hydrogens is 232 g/mol. The number of aromatic nitrogens is 2. The number of benzene rings is 1. The number of carbonyl (C=O) groups excluding carboxylic acids is 1. The zero-order valence-corrected chi connectivity index (χ0v) is 10.3. The van der Waals surface area contributed by atoms with Crippen LogP contribution >= 0.6 is 0 Å². The summed E-state index contributed by atoms with van der Waals surface area (Å²) in [5.41, 5.74) is 0.328. The van der Waals surface area contributed by atoms with Crippen LogP contribution in [0.4, 0.5) is 0 Å². The molecule has 0 saturated carbocycles. The first-order valence-corrected chi connectivity index (χ1v) is 5.69. The van der Waals surface area contributed by atoms with Gasteiger partial charge in [0.1, 0.15) is 5.56 Å². The molecule has 0 spiro atoms. The van der Waals surface area contributed by atoms with Crippen molar-refractivity contribution in [1.29, 1.82) is 0 Å². The van der Waals surface area contributed by atoms with Crippen LogP contribution in [0.3, 0.4) is 0 Å². The minimum absolute atomic E-state index is 0.0562. The predicted molar refractivity (Wildman–Crippen MR) is 67.6 cm³/mol. The highest BCUT2D eigenvalue weighted by molar-refractivity contribution is 5.96. The monoisotopic (exact) mass is 246 g/mol. The van der Waals surface area contributed by atoms with Gasteiger partial charge in [-0.25, -0.2) is 4.68 Å². The molecule has 94 valence electrons. The molecule has 5 heteroatoms. The van der Waals surface area contributed by atoms with Gasteiger partial charge in [0.2, 0.25) is 5.88 Å². The molecule has 1 aromatic carbocycles. The summed E-state index contributed by atoms with van der Waals surface area (Å²) in [7, 11) is 0. The molecule has 0 aliphatic rings. The Morgan fingerprint density at radius 1 is 1.33 bits per heavy atom. The molecule has 1 aromatic heterocycles. The van der Waals surface area contributed by atoms with E-state index in [1.165, 1.54) is 11.6 Å². The number of H-pyrrole nitrogens is 1. The lowest BCUT2D eigenvalue weighted by Gasteiger charge is -2.01. The fourth-order valence-electron chi connectivity index (χ4n) is 1.74. The van der Waals surface area contributed by atoms with Gasteiger partial charge in [0.15, 0.2) is 5.78 Å². The fourth-order valence-corrected chi connectivity index (χ4v) is 1.74. The number of Topliss-reactive ketones (excluding diaryl/α,β-unsaturated/α-hetero) is 1. The summed E-state index contributed by atoms with van der Waals surface area (Å²) >= 11 is 0. The molecule has 0 bridgehead atoms. The van der Waals surface area contributed by atoms with Crippen molar-refractivity contribution in [3.05, 3.63) is 46.2 Å². The van der Waals surface area contributed by atoms with Crippen molar-refractivity contribution in [2.24, 2.45) is 0 Å². The third-order valence-electron chi connectivity index (χ3n) is 2.51. The summed E-state index contributed by atoms with van der Waals surface area (Å²) in [6.45, 7) is 3.53. The van der Waals surface area contributed by atoms with Gasteiger partial charge in [-0.3, -0.25) is 14.7 Å². The smallest absolute Gasteiger partial charge is 0.286 e. The van der Waals surface area contributed by atoms with Crippen LogP contribution in [0.5, 0.6) is 5.88 Å². The number of rotatable bonds is 4. The van der Waals surface area contributed by atoms with E-state index in [1.54, 1.807) is 19.1 Å². The molecule has 18 heavy (non-hydrogen) atoms. The van der Waals surface area contributed by atoms with Crippen LogP contribution in [0.2, 0.25) is 0 Å². The highest BCUT2D eigenvalue weighted by Gasteiger charge is 2.19. The number of nitrogens with zero attached hydrogens (tertiary/aromatic N) is 1. The number of ether oxygens (including phenoxy) is 1. The minimum atomic E-state index is -0.392. The number of aromatic amines is 1. The maximum Gasteiger partial charge on any atom is 0.286 e. The van der Waals surface area contributed by atoms with Crippen LogP contribution in [-0.2, 0) is 0 Å². The van der Waals surface area contributed by atoms with Gasteiger partial charge >= 0.3 is 0 Å². The highest BCUT2D eigenvalue weighted by atomic mass is 16.5. The third kappa shape index (κ3) is 2.07. The molecule has 2 aromatic rings. The van der Waals surface area contributed by atoms with E-state index in [0.29, 0.717) is 12.3 Å². The SMILES string of the molecule is CCOc1[nH]n(-c2ccccc2)c(=O)c1C(C)=O. The van der Waals surface area contributed by atoms with Gasteiger partial charge < -0.3 is 4.74 Å². The molecule has 0 aliphatic heterocycles. The molecule has 0 amide bonds. The number of hydrogen-bond acceptors (Lipinski definition) is 3. The van der Waals surface area contributed by atoms with Crippen LogP contribution in [0.1, 0.15) is 24.2 Å². The van der Waals surface area contributed by atoms with Gasteiger partial charge in [0, 0.05) is 0 Å². The quantitative estimate of drug-likeness (QED) is 0.836. The zero-order valence-electron chi connectivity index (χ0n) is 10.3. The number of hydrogen-bond donors (Lipinski definition) is 1. The first-order valence-electron chi connectivity index (χ1n) is 5.69. The van der Waals surface area contributed by atoms with Crippen LogP contribution < -0.4 is 10.3 Å². The van der Waals surface area contributed by atoms with E-state index in [0.717, 1.165) is 0 Å². The normalized spacial score (nSPS) is 10.3. The second kappa shape index (κ2) is 4.91. The first-order chi connectivity index (χ1) is 8.65. The molecule has 0 radical (unpaired) electrons. The lowest BCUT2D eigenvalue weighted by Crippen LogP contribution is -2.19. The number of nitrogens with one attached hydrogen (secondary N) is 1. The van der Waals surface area contributed by atoms with Crippen molar-refractivity contribution in [3.8, 4) is 11.6 Å². The Morgan fingerprint density at radius 3 is 2.56 bits per heavy atom. The van der Waals surface area contributed by atoms with Crippen LogP contribution in [0, 0.1) is 0 Å². The lowest BCUT2D eigenvalue weighted by molar-refractivity contribution is 0.101. The van der Waals surface area contributed by atoms with Crippen LogP contribution in [0.15, 0.2) is 35.1 Å². The Morgan fingerprint density at radius 2 is 2.00 bits per heavy atom. The lowest BCUT2D eigenvalue weighted by atomic mass is 10.2. The Kier molecular flexibility index (Phi) is 3.32. The van der Waals surface area contributed by atoms with Gasteiger partial charge in [-0.1, -0.05) is 18.2 Å². The minimum Gasteiger partial charge on any atom is -0.478 e. The average Bonchev–Trinajstić information content (AvgIpc) is 2.68. The number of ketones is 1. The standard InChI is InChI=1S/C13H14N2O3/c1-3-18-12-11(9(2)16)13(17)15(14-12)10-7-5-4-6-8-10/h4-8,14H,3H2,1-2H3. The Labute approximate surface area is 104 Å². The maximum atomic E-state index is 12.1. The summed E-state index contributed by atoms with van der Waals surface area (Å²) in [4.78, 5) is 23.6. The summed E-state index contributed by atoms with van der Waals surface area (Å²) in [5.74, 6) is -0.0896. The van der Waals surface area contributed by atoms with Crippen molar-refractivity contribution >= 4 is 5.78 Å².